The first kappa shape index (κ1) is 15.6. The topological polar surface area (TPSA) is 114 Å². The van der Waals surface area contributed by atoms with E-state index >= 15 is 0 Å². The molecule has 1 aromatic carbocycles. The third-order valence-corrected chi connectivity index (χ3v) is 3.32. The zero-order valence-corrected chi connectivity index (χ0v) is 12.8. The van der Waals surface area contributed by atoms with Crippen LogP contribution in [0.3, 0.4) is 0 Å². The Labute approximate surface area is 139 Å². The van der Waals surface area contributed by atoms with E-state index in [0.29, 0.717) is 11.3 Å². The Morgan fingerprint density at radius 3 is 2.92 bits per heavy atom. The molecule has 1 N–H and O–H groups in total. The first-order valence-electron chi connectivity index (χ1n) is 6.68. The minimum absolute atomic E-state index is 0.0146. The number of aromatic nitrogens is 2. The lowest BCUT2D eigenvalue weighted by Crippen LogP contribution is -2.25. The molecular formula is C15H9ClN4O4. The first-order chi connectivity index (χ1) is 11.6. The molecule has 0 saturated carbocycles. The predicted molar refractivity (Wildman–Crippen MR) is 83.3 cm³/mol. The van der Waals surface area contributed by atoms with Crippen molar-refractivity contribution in [2.75, 3.05) is 5.32 Å². The summed E-state index contributed by atoms with van der Waals surface area (Å²) in [6.07, 6.45) is 1.41. The Balaban J connectivity index is 1.73. The quantitative estimate of drug-likeness (QED) is 0.776. The molecule has 120 valence electrons. The predicted octanol–water partition coefficient (Wildman–Crippen LogP) is 2.26. The maximum absolute atomic E-state index is 12.0. The Morgan fingerprint density at radius 1 is 1.42 bits per heavy atom. The van der Waals surface area contributed by atoms with Gasteiger partial charge in [0.05, 0.1) is 16.8 Å². The average molecular weight is 345 g/mol. The second-order valence-electron chi connectivity index (χ2n) is 4.66. The summed E-state index contributed by atoms with van der Waals surface area (Å²) < 4.78 is 10.9. The highest BCUT2D eigenvalue weighted by Gasteiger charge is 2.15. The number of nitrogens with one attached hydrogen (secondary N) is 1. The molecule has 0 radical (unpaired) electrons. The molecule has 0 aliphatic carbocycles. The summed E-state index contributed by atoms with van der Waals surface area (Å²) in [5, 5.41) is 15.5. The minimum atomic E-state index is -0.783. The van der Waals surface area contributed by atoms with Gasteiger partial charge in [0, 0.05) is 5.69 Å². The number of halogens is 1. The number of carbonyl (C=O) groups excluding carboxylic acids is 1. The lowest BCUT2D eigenvalue weighted by atomic mass is 10.2. The molecule has 0 spiro atoms. The summed E-state index contributed by atoms with van der Waals surface area (Å²) in [5.41, 5.74) is 0.692. The molecule has 8 nitrogen and oxygen atoms in total. The molecule has 0 unspecified atom stereocenters. The molecule has 0 fully saturated rings. The second-order valence-corrected chi connectivity index (χ2v) is 5.07. The molecule has 3 rings (SSSR count). The van der Waals surface area contributed by atoms with Crippen molar-refractivity contribution in [1.29, 1.82) is 5.26 Å². The lowest BCUT2D eigenvalue weighted by molar-refractivity contribution is -0.117. The van der Waals surface area contributed by atoms with Crippen LogP contribution in [-0.4, -0.2) is 15.7 Å². The van der Waals surface area contributed by atoms with Gasteiger partial charge in [0.1, 0.15) is 12.6 Å². The van der Waals surface area contributed by atoms with E-state index in [1.165, 1.54) is 24.5 Å². The van der Waals surface area contributed by atoms with Gasteiger partial charge in [0.15, 0.2) is 5.76 Å². The van der Waals surface area contributed by atoms with E-state index in [1.54, 1.807) is 12.1 Å². The molecule has 0 aliphatic heterocycles. The number of rotatable bonds is 4. The monoisotopic (exact) mass is 344 g/mol. The molecule has 3 aromatic rings. The van der Waals surface area contributed by atoms with E-state index in [2.05, 4.69) is 10.4 Å². The van der Waals surface area contributed by atoms with Crippen molar-refractivity contribution in [3.05, 3.63) is 57.7 Å². The van der Waals surface area contributed by atoms with Gasteiger partial charge < -0.3 is 14.2 Å². The maximum atomic E-state index is 12.0. The van der Waals surface area contributed by atoms with E-state index in [-0.39, 0.29) is 23.2 Å². The Morgan fingerprint density at radius 2 is 2.25 bits per heavy atom. The van der Waals surface area contributed by atoms with E-state index in [1.807, 2.05) is 6.07 Å². The van der Waals surface area contributed by atoms with Crippen LogP contribution < -0.4 is 11.1 Å². The van der Waals surface area contributed by atoms with Crippen molar-refractivity contribution in [3.63, 3.8) is 0 Å². The number of benzene rings is 1. The zero-order valence-electron chi connectivity index (χ0n) is 12.0. The summed E-state index contributed by atoms with van der Waals surface area (Å²) in [4.78, 5) is 23.7. The summed E-state index contributed by atoms with van der Waals surface area (Å²) in [6.45, 7) is -0.347. The van der Waals surface area contributed by atoms with Crippen LogP contribution in [0.1, 0.15) is 5.56 Å². The number of hydrogen-bond acceptors (Lipinski definition) is 6. The molecule has 1 amide bonds. The maximum Gasteiger partial charge on any atom is 0.437 e. The van der Waals surface area contributed by atoms with Crippen LogP contribution in [0.25, 0.3) is 11.7 Å². The number of anilines is 1. The minimum Gasteiger partial charge on any atom is -0.459 e. The molecule has 2 aromatic heterocycles. The van der Waals surface area contributed by atoms with Crippen LogP contribution in [0.5, 0.6) is 0 Å². The van der Waals surface area contributed by atoms with Crippen LogP contribution in [-0.2, 0) is 11.3 Å². The Bertz CT molecular complexity index is 982. The van der Waals surface area contributed by atoms with Crippen LogP contribution in [0.4, 0.5) is 5.69 Å². The lowest BCUT2D eigenvalue weighted by Gasteiger charge is -2.05. The van der Waals surface area contributed by atoms with Crippen molar-refractivity contribution in [1.82, 2.24) is 9.78 Å². The van der Waals surface area contributed by atoms with Gasteiger partial charge in [-0.15, -0.1) is 5.10 Å². The average Bonchev–Trinajstić information content (AvgIpc) is 3.18. The normalized spacial score (nSPS) is 10.3. The Kier molecular flexibility index (Phi) is 4.18. The number of nitrogens with zero attached hydrogens (tertiary/aromatic N) is 3. The third-order valence-electron chi connectivity index (χ3n) is 3.00. The van der Waals surface area contributed by atoms with E-state index < -0.39 is 11.7 Å². The molecule has 2 heterocycles. The number of carbonyl (C=O) groups is 1. The van der Waals surface area contributed by atoms with Crippen LogP contribution in [0.15, 0.2) is 50.2 Å². The van der Waals surface area contributed by atoms with Crippen molar-refractivity contribution in [3.8, 4) is 17.7 Å². The standard InChI is InChI=1S/C15H9ClN4O4/c16-11-6-10(4-3-9(11)7-17)18-13(21)8-20-15(22)24-14(19-20)12-2-1-5-23-12/h1-6H,8H2,(H,18,21). The van der Waals surface area contributed by atoms with Crippen molar-refractivity contribution >= 4 is 23.2 Å². The van der Waals surface area contributed by atoms with Crippen LogP contribution in [0, 0.1) is 11.3 Å². The van der Waals surface area contributed by atoms with Gasteiger partial charge in [-0.3, -0.25) is 4.79 Å². The summed E-state index contributed by atoms with van der Waals surface area (Å²) in [6, 6.07) is 9.57. The SMILES string of the molecule is N#Cc1ccc(NC(=O)Cn2nc(-c3ccco3)oc2=O)cc1Cl. The molecule has 0 aliphatic rings. The number of hydrogen-bond donors (Lipinski definition) is 1. The van der Waals surface area contributed by atoms with Gasteiger partial charge >= 0.3 is 5.76 Å². The third kappa shape index (κ3) is 3.21. The molecule has 0 bridgehead atoms. The molecule has 24 heavy (non-hydrogen) atoms. The highest BCUT2D eigenvalue weighted by molar-refractivity contribution is 6.32. The van der Waals surface area contributed by atoms with Crippen molar-refractivity contribution in [2.24, 2.45) is 0 Å². The fourth-order valence-corrected chi connectivity index (χ4v) is 2.15. The van der Waals surface area contributed by atoms with Crippen LogP contribution >= 0.6 is 11.6 Å². The van der Waals surface area contributed by atoms with E-state index in [4.69, 9.17) is 25.7 Å². The van der Waals surface area contributed by atoms with Crippen molar-refractivity contribution < 1.29 is 13.6 Å². The molecule has 0 saturated heterocycles. The highest BCUT2D eigenvalue weighted by atomic mass is 35.5. The largest absolute Gasteiger partial charge is 0.459 e. The van der Waals surface area contributed by atoms with Crippen LogP contribution in [0.2, 0.25) is 5.02 Å². The smallest absolute Gasteiger partial charge is 0.437 e. The van der Waals surface area contributed by atoms with Gasteiger partial charge in [0.25, 0.3) is 5.89 Å². The second kappa shape index (κ2) is 6.44. The number of furan rings is 1. The molecular weight excluding hydrogens is 336 g/mol. The van der Waals surface area contributed by atoms with Gasteiger partial charge in [-0.25, -0.2) is 4.79 Å². The zero-order chi connectivity index (χ0) is 17.1. The summed E-state index contributed by atoms with van der Waals surface area (Å²) in [7, 11) is 0. The fraction of sp³-hybridized carbons (Fsp3) is 0.0667. The van der Waals surface area contributed by atoms with E-state index in [9.17, 15) is 9.59 Å². The molecule has 9 heteroatoms. The fourth-order valence-electron chi connectivity index (χ4n) is 1.93. The highest BCUT2D eigenvalue weighted by Crippen LogP contribution is 2.20. The number of nitriles is 1. The first-order valence-corrected chi connectivity index (χ1v) is 7.06. The molecule has 0 atom stereocenters. The number of amides is 1. The van der Waals surface area contributed by atoms with Gasteiger partial charge in [-0.05, 0) is 30.3 Å². The van der Waals surface area contributed by atoms with Gasteiger partial charge in [0.2, 0.25) is 5.91 Å². The van der Waals surface area contributed by atoms with E-state index in [0.717, 1.165) is 4.68 Å². The summed E-state index contributed by atoms with van der Waals surface area (Å²) in [5.74, 6) is -1.02. The summed E-state index contributed by atoms with van der Waals surface area (Å²) >= 11 is 5.89. The van der Waals surface area contributed by atoms with Crippen molar-refractivity contribution in [2.45, 2.75) is 6.54 Å². The Hall–Kier alpha value is -3.31. The van der Waals surface area contributed by atoms with Gasteiger partial charge in [-0.2, -0.15) is 9.94 Å². The van der Waals surface area contributed by atoms with Gasteiger partial charge in [-0.1, -0.05) is 11.6 Å².